The van der Waals surface area contributed by atoms with Crippen LogP contribution in [0.1, 0.15) is 11.1 Å². The Balaban J connectivity index is 1.53. The zero-order valence-electron chi connectivity index (χ0n) is 17.6. The van der Waals surface area contributed by atoms with Crippen LogP contribution in [0.2, 0.25) is 5.02 Å². The molecule has 0 bridgehead atoms. The second-order valence-corrected chi connectivity index (χ2v) is 9.51. The summed E-state index contributed by atoms with van der Waals surface area (Å²) in [4.78, 5) is 12.7. The van der Waals surface area contributed by atoms with E-state index in [1.807, 2.05) is 6.92 Å². The topological polar surface area (TPSA) is 97.3 Å². The van der Waals surface area contributed by atoms with E-state index in [-0.39, 0.29) is 17.4 Å². The molecule has 0 aliphatic carbocycles. The third-order valence-corrected chi connectivity index (χ3v) is 6.82. The van der Waals surface area contributed by atoms with Crippen molar-refractivity contribution in [2.75, 3.05) is 17.6 Å². The highest BCUT2D eigenvalue weighted by molar-refractivity contribution is 7.92. The zero-order chi connectivity index (χ0) is 23.4. The van der Waals surface area contributed by atoms with Crippen molar-refractivity contribution in [1.82, 2.24) is 5.43 Å². The van der Waals surface area contributed by atoms with E-state index in [0.29, 0.717) is 22.1 Å². The minimum absolute atomic E-state index is 0.0599. The third-order valence-electron chi connectivity index (χ3n) is 4.79. The van der Waals surface area contributed by atoms with E-state index in [1.165, 1.54) is 24.4 Å². The number of aryl methyl sites for hydroxylation is 1. The summed E-state index contributed by atoms with van der Waals surface area (Å²) < 4.78 is 38.2. The first-order valence-corrected chi connectivity index (χ1v) is 11.7. The Morgan fingerprint density at radius 3 is 2.61 bits per heavy atom. The van der Waals surface area contributed by atoms with Crippen molar-refractivity contribution in [1.29, 1.82) is 0 Å². The Kier molecular flexibility index (Phi) is 6.52. The molecule has 1 amide bonds. The van der Waals surface area contributed by atoms with Crippen molar-refractivity contribution in [2.24, 2.45) is 5.10 Å². The first kappa shape index (κ1) is 22.6. The normalized spacial score (nSPS) is 12.7. The largest absolute Gasteiger partial charge is 0.454 e. The van der Waals surface area contributed by atoms with E-state index < -0.39 is 22.5 Å². The number of carbonyl (C=O) groups is 1. The maximum absolute atomic E-state index is 13.3. The maximum Gasteiger partial charge on any atom is 0.264 e. The molecule has 3 aromatic carbocycles. The number of amides is 1. The molecule has 0 saturated heterocycles. The number of hydrogen-bond acceptors (Lipinski definition) is 6. The van der Waals surface area contributed by atoms with E-state index in [9.17, 15) is 13.2 Å². The molecule has 0 radical (unpaired) electrons. The van der Waals surface area contributed by atoms with Gasteiger partial charge >= 0.3 is 0 Å². The lowest BCUT2D eigenvalue weighted by Gasteiger charge is -2.24. The summed E-state index contributed by atoms with van der Waals surface area (Å²) in [6.45, 7) is 1.52. The van der Waals surface area contributed by atoms with Crippen molar-refractivity contribution in [2.45, 2.75) is 11.8 Å². The summed E-state index contributed by atoms with van der Waals surface area (Å²) in [6, 6.07) is 17.9. The van der Waals surface area contributed by atoms with Crippen molar-refractivity contribution in [3.8, 4) is 11.5 Å². The quantitative estimate of drug-likeness (QED) is 0.406. The highest BCUT2D eigenvalue weighted by Crippen LogP contribution is 2.32. The second-order valence-electron chi connectivity index (χ2n) is 7.21. The van der Waals surface area contributed by atoms with E-state index >= 15 is 0 Å². The number of ether oxygens (including phenoxy) is 2. The predicted molar refractivity (Wildman–Crippen MR) is 125 cm³/mol. The van der Waals surface area contributed by atoms with Crippen LogP contribution in [0.5, 0.6) is 11.5 Å². The van der Waals surface area contributed by atoms with Gasteiger partial charge in [0.2, 0.25) is 6.79 Å². The van der Waals surface area contributed by atoms with Gasteiger partial charge < -0.3 is 9.47 Å². The number of halogens is 1. The number of hydrogen-bond donors (Lipinski definition) is 1. The molecule has 33 heavy (non-hydrogen) atoms. The molecule has 1 aliphatic rings. The lowest BCUT2D eigenvalue weighted by molar-refractivity contribution is -0.119. The molecule has 1 N–H and O–H groups in total. The average molecular weight is 486 g/mol. The standard InChI is InChI=1S/C23H20ClN3O5S/c1-16-5-8-20(9-6-16)33(29,30)27(19-4-2-3-18(24)12-19)14-23(28)26-25-13-17-7-10-21-22(11-17)32-15-31-21/h2-13H,14-15H2,1H3,(H,26,28)/b25-13-. The van der Waals surface area contributed by atoms with Crippen molar-refractivity contribution in [3.05, 3.63) is 82.9 Å². The van der Waals surface area contributed by atoms with Crippen LogP contribution in [-0.2, 0) is 14.8 Å². The van der Waals surface area contributed by atoms with Crippen LogP contribution in [0.25, 0.3) is 0 Å². The summed E-state index contributed by atoms with van der Waals surface area (Å²) in [5.74, 6) is 0.596. The van der Waals surface area contributed by atoms with E-state index in [2.05, 4.69) is 10.5 Å². The molecule has 0 fully saturated rings. The van der Waals surface area contributed by atoms with Gasteiger partial charge in [-0.05, 0) is 61.0 Å². The molecule has 1 aliphatic heterocycles. The molecule has 170 valence electrons. The summed E-state index contributed by atoms with van der Waals surface area (Å²) in [5, 5.41) is 4.27. The SMILES string of the molecule is Cc1ccc(S(=O)(=O)N(CC(=O)N/N=C\c2ccc3c(c2)OCO3)c2cccc(Cl)c2)cc1. The van der Waals surface area contributed by atoms with Gasteiger partial charge in [0.1, 0.15) is 6.54 Å². The van der Waals surface area contributed by atoms with E-state index in [4.69, 9.17) is 21.1 Å². The fourth-order valence-electron chi connectivity index (χ4n) is 3.12. The lowest BCUT2D eigenvalue weighted by atomic mass is 10.2. The molecule has 1 heterocycles. The molecule has 0 aromatic heterocycles. The monoisotopic (exact) mass is 485 g/mol. The average Bonchev–Trinajstić information content (AvgIpc) is 3.25. The van der Waals surface area contributed by atoms with Crippen molar-refractivity contribution < 1.29 is 22.7 Å². The molecule has 0 unspecified atom stereocenters. The minimum atomic E-state index is -4.04. The molecular weight excluding hydrogens is 466 g/mol. The van der Waals surface area contributed by atoms with Crippen LogP contribution in [-0.4, -0.2) is 33.9 Å². The molecule has 4 rings (SSSR count). The van der Waals surface area contributed by atoms with Gasteiger partial charge in [-0.3, -0.25) is 9.10 Å². The lowest BCUT2D eigenvalue weighted by Crippen LogP contribution is -2.39. The molecule has 0 atom stereocenters. The number of sulfonamides is 1. The number of fused-ring (bicyclic) bond motifs is 1. The van der Waals surface area contributed by atoms with Crippen LogP contribution >= 0.6 is 11.6 Å². The Bertz CT molecular complexity index is 1310. The van der Waals surface area contributed by atoms with Crippen molar-refractivity contribution >= 4 is 39.4 Å². The van der Waals surface area contributed by atoms with Gasteiger partial charge in [-0.1, -0.05) is 35.4 Å². The van der Waals surface area contributed by atoms with Gasteiger partial charge in [0.05, 0.1) is 16.8 Å². The van der Waals surface area contributed by atoms with Crippen LogP contribution < -0.4 is 19.2 Å². The zero-order valence-corrected chi connectivity index (χ0v) is 19.1. The van der Waals surface area contributed by atoms with Gasteiger partial charge in [-0.15, -0.1) is 0 Å². The Hall–Kier alpha value is -3.56. The van der Waals surface area contributed by atoms with E-state index in [0.717, 1.165) is 9.87 Å². The summed E-state index contributed by atoms with van der Waals surface area (Å²) in [6.07, 6.45) is 1.43. The first-order valence-electron chi connectivity index (χ1n) is 9.89. The first-order chi connectivity index (χ1) is 15.8. The fourth-order valence-corrected chi connectivity index (χ4v) is 4.72. The van der Waals surface area contributed by atoms with Crippen LogP contribution in [0, 0.1) is 6.92 Å². The van der Waals surface area contributed by atoms with Gasteiger partial charge in [-0.2, -0.15) is 5.10 Å². The molecular formula is C23H20ClN3O5S. The molecule has 0 saturated carbocycles. The Morgan fingerprint density at radius 1 is 1.09 bits per heavy atom. The molecule has 0 spiro atoms. The smallest absolute Gasteiger partial charge is 0.264 e. The number of hydrazone groups is 1. The molecule has 3 aromatic rings. The van der Waals surface area contributed by atoms with Gasteiger partial charge in [0.15, 0.2) is 11.5 Å². The van der Waals surface area contributed by atoms with Crippen LogP contribution in [0.3, 0.4) is 0 Å². The summed E-state index contributed by atoms with van der Waals surface area (Å²) in [5.41, 5.74) is 4.22. The number of rotatable bonds is 7. The number of benzene rings is 3. The number of anilines is 1. The summed E-state index contributed by atoms with van der Waals surface area (Å²) in [7, 11) is -4.04. The highest BCUT2D eigenvalue weighted by atomic mass is 35.5. The summed E-state index contributed by atoms with van der Waals surface area (Å²) >= 11 is 6.07. The number of nitrogens with one attached hydrogen (secondary N) is 1. The van der Waals surface area contributed by atoms with Crippen LogP contribution in [0.4, 0.5) is 5.69 Å². The maximum atomic E-state index is 13.3. The van der Waals surface area contributed by atoms with Gasteiger partial charge in [0.25, 0.3) is 15.9 Å². The molecule has 10 heteroatoms. The molecule has 8 nitrogen and oxygen atoms in total. The highest BCUT2D eigenvalue weighted by Gasteiger charge is 2.27. The number of carbonyl (C=O) groups excluding carboxylic acids is 1. The van der Waals surface area contributed by atoms with E-state index in [1.54, 1.807) is 48.5 Å². The Morgan fingerprint density at radius 2 is 1.85 bits per heavy atom. The van der Waals surface area contributed by atoms with Gasteiger partial charge in [0, 0.05) is 5.02 Å². The fraction of sp³-hybridized carbons (Fsp3) is 0.130. The minimum Gasteiger partial charge on any atom is -0.454 e. The Labute approximate surface area is 196 Å². The third kappa shape index (κ3) is 5.27. The van der Waals surface area contributed by atoms with Crippen LogP contribution in [0.15, 0.2) is 76.7 Å². The van der Waals surface area contributed by atoms with Gasteiger partial charge in [-0.25, -0.2) is 13.8 Å². The predicted octanol–water partition coefficient (Wildman–Crippen LogP) is 3.72. The second kappa shape index (κ2) is 9.51. The number of nitrogens with zero attached hydrogens (tertiary/aromatic N) is 2. The van der Waals surface area contributed by atoms with Crippen molar-refractivity contribution in [3.63, 3.8) is 0 Å².